The molecule has 86 valence electrons. The lowest BCUT2D eigenvalue weighted by Gasteiger charge is -2.02. The fraction of sp³-hybridized carbons (Fsp3) is 0. The third kappa shape index (κ3) is 1.86. The molecule has 1 aromatic carbocycles. The van der Waals surface area contributed by atoms with E-state index in [9.17, 15) is 4.79 Å². The molecule has 0 aliphatic heterocycles. The zero-order valence-corrected chi connectivity index (χ0v) is 9.58. The highest BCUT2D eigenvalue weighted by atomic mass is 16.1. The van der Waals surface area contributed by atoms with Gasteiger partial charge < -0.3 is 0 Å². The van der Waals surface area contributed by atoms with Crippen molar-refractivity contribution in [3.05, 3.63) is 72.2 Å². The zero-order chi connectivity index (χ0) is 12.4. The van der Waals surface area contributed by atoms with E-state index in [1.807, 2.05) is 30.3 Å². The van der Waals surface area contributed by atoms with E-state index in [0.717, 1.165) is 10.9 Å². The Labute approximate surface area is 104 Å². The predicted molar refractivity (Wildman–Crippen MR) is 69.4 cm³/mol. The largest absolute Gasteiger partial charge is 0.289 e. The lowest BCUT2D eigenvalue weighted by Crippen LogP contribution is -2.01. The van der Waals surface area contributed by atoms with E-state index in [1.54, 1.807) is 30.7 Å². The average molecular weight is 234 g/mol. The molecule has 0 spiro atoms. The minimum absolute atomic E-state index is 0.00930. The summed E-state index contributed by atoms with van der Waals surface area (Å²) in [6.07, 6.45) is 4.96. The molecule has 3 heteroatoms. The van der Waals surface area contributed by atoms with E-state index in [1.165, 1.54) is 0 Å². The number of nitrogens with zero attached hydrogens (tertiary/aromatic N) is 2. The molecule has 0 bridgehead atoms. The molecule has 3 rings (SSSR count). The van der Waals surface area contributed by atoms with Gasteiger partial charge in [0.1, 0.15) is 0 Å². The van der Waals surface area contributed by atoms with Crippen molar-refractivity contribution in [1.29, 1.82) is 0 Å². The molecule has 0 unspecified atom stereocenters. The second-order valence-corrected chi connectivity index (χ2v) is 3.98. The van der Waals surface area contributed by atoms with Gasteiger partial charge in [-0.05, 0) is 24.3 Å². The minimum atomic E-state index is -0.00930. The van der Waals surface area contributed by atoms with Gasteiger partial charge in [-0.25, -0.2) is 0 Å². The number of benzene rings is 1. The maximum atomic E-state index is 12.2. The molecule has 3 aromatic rings. The minimum Gasteiger partial charge on any atom is -0.289 e. The number of fused-ring (bicyclic) bond motifs is 1. The second-order valence-electron chi connectivity index (χ2n) is 3.98. The van der Waals surface area contributed by atoms with Crippen LogP contribution in [0.3, 0.4) is 0 Å². The van der Waals surface area contributed by atoms with Gasteiger partial charge in [0.2, 0.25) is 0 Å². The van der Waals surface area contributed by atoms with Crippen LogP contribution in [0.2, 0.25) is 0 Å². The Bertz CT molecular complexity index is 708. The Morgan fingerprint density at radius 1 is 0.889 bits per heavy atom. The van der Waals surface area contributed by atoms with Gasteiger partial charge in [0, 0.05) is 35.1 Å². The van der Waals surface area contributed by atoms with Crippen molar-refractivity contribution >= 4 is 16.7 Å². The van der Waals surface area contributed by atoms with Crippen LogP contribution in [-0.2, 0) is 0 Å². The summed E-state index contributed by atoms with van der Waals surface area (Å²) in [6.45, 7) is 0. The lowest BCUT2D eigenvalue weighted by atomic mass is 10.0. The van der Waals surface area contributed by atoms with Crippen molar-refractivity contribution in [2.75, 3.05) is 0 Å². The average Bonchev–Trinajstić information content (AvgIpc) is 2.47. The van der Waals surface area contributed by atoms with Crippen LogP contribution in [0.5, 0.6) is 0 Å². The standard InChI is InChI=1S/C15H10N2O/c18-15(12-5-8-16-9-6-12)13-4-3-11-2-1-7-17-14(11)10-13/h1-10H. The molecule has 0 saturated carbocycles. The molecule has 0 amide bonds. The molecule has 0 saturated heterocycles. The van der Waals surface area contributed by atoms with Crippen molar-refractivity contribution in [3.63, 3.8) is 0 Å². The van der Waals surface area contributed by atoms with Crippen molar-refractivity contribution in [2.24, 2.45) is 0 Å². The first-order valence-electron chi connectivity index (χ1n) is 5.64. The highest BCUT2D eigenvalue weighted by Crippen LogP contribution is 2.16. The number of rotatable bonds is 2. The molecule has 0 radical (unpaired) electrons. The van der Waals surface area contributed by atoms with Crippen LogP contribution in [0.25, 0.3) is 10.9 Å². The summed E-state index contributed by atoms with van der Waals surface area (Å²) in [7, 11) is 0. The fourth-order valence-corrected chi connectivity index (χ4v) is 1.88. The summed E-state index contributed by atoms with van der Waals surface area (Å²) >= 11 is 0. The quantitative estimate of drug-likeness (QED) is 0.640. The van der Waals surface area contributed by atoms with Crippen LogP contribution in [0.4, 0.5) is 0 Å². The normalized spacial score (nSPS) is 10.4. The highest BCUT2D eigenvalue weighted by Gasteiger charge is 2.09. The molecule has 3 nitrogen and oxygen atoms in total. The third-order valence-corrected chi connectivity index (χ3v) is 2.81. The maximum absolute atomic E-state index is 12.2. The fourth-order valence-electron chi connectivity index (χ4n) is 1.88. The maximum Gasteiger partial charge on any atom is 0.193 e. The van der Waals surface area contributed by atoms with E-state index < -0.39 is 0 Å². The smallest absolute Gasteiger partial charge is 0.193 e. The van der Waals surface area contributed by atoms with Crippen LogP contribution in [0, 0.1) is 0 Å². The summed E-state index contributed by atoms with van der Waals surface area (Å²) in [5.74, 6) is -0.00930. The molecule has 2 heterocycles. The molecule has 0 aliphatic carbocycles. The Morgan fingerprint density at radius 2 is 1.72 bits per heavy atom. The molecule has 0 fully saturated rings. The van der Waals surface area contributed by atoms with Gasteiger partial charge in [-0.15, -0.1) is 0 Å². The van der Waals surface area contributed by atoms with Gasteiger partial charge in [-0.2, -0.15) is 0 Å². The van der Waals surface area contributed by atoms with Crippen LogP contribution >= 0.6 is 0 Å². The summed E-state index contributed by atoms with van der Waals surface area (Å²) in [6, 6.07) is 12.8. The third-order valence-electron chi connectivity index (χ3n) is 2.81. The summed E-state index contributed by atoms with van der Waals surface area (Å²) in [4.78, 5) is 20.4. The van der Waals surface area contributed by atoms with Gasteiger partial charge in [0.25, 0.3) is 0 Å². The lowest BCUT2D eigenvalue weighted by molar-refractivity contribution is 0.103. The number of pyridine rings is 2. The Hall–Kier alpha value is -2.55. The molecular weight excluding hydrogens is 224 g/mol. The first-order chi connectivity index (χ1) is 8.84. The van der Waals surface area contributed by atoms with Gasteiger partial charge >= 0.3 is 0 Å². The Morgan fingerprint density at radius 3 is 2.56 bits per heavy atom. The monoisotopic (exact) mass is 234 g/mol. The number of ketones is 1. The first kappa shape index (κ1) is 10.6. The highest BCUT2D eigenvalue weighted by molar-refractivity contribution is 6.10. The number of aromatic nitrogens is 2. The molecule has 0 N–H and O–H groups in total. The second kappa shape index (κ2) is 4.37. The van der Waals surface area contributed by atoms with Crippen LogP contribution in [0.15, 0.2) is 61.1 Å². The van der Waals surface area contributed by atoms with Crippen molar-refractivity contribution < 1.29 is 4.79 Å². The SMILES string of the molecule is O=C(c1ccncc1)c1ccc2cccnc2c1. The van der Waals surface area contributed by atoms with E-state index in [2.05, 4.69) is 9.97 Å². The summed E-state index contributed by atoms with van der Waals surface area (Å²) in [5, 5.41) is 1.03. The molecule has 0 atom stereocenters. The molecule has 18 heavy (non-hydrogen) atoms. The Kier molecular flexibility index (Phi) is 2.57. The van der Waals surface area contributed by atoms with Crippen molar-refractivity contribution in [3.8, 4) is 0 Å². The van der Waals surface area contributed by atoms with E-state index in [-0.39, 0.29) is 5.78 Å². The molecular formula is C15H10N2O. The van der Waals surface area contributed by atoms with E-state index in [0.29, 0.717) is 11.1 Å². The number of hydrogen-bond donors (Lipinski definition) is 0. The van der Waals surface area contributed by atoms with Gasteiger partial charge in [0.15, 0.2) is 5.78 Å². The Balaban J connectivity index is 2.07. The van der Waals surface area contributed by atoms with Crippen LogP contribution in [-0.4, -0.2) is 15.8 Å². The number of hydrogen-bond acceptors (Lipinski definition) is 3. The van der Waals surface area contributed by atoms with Crippen LogP contribution < -0.4 is 0 Å². The van der Waals surface area contributed by atoms with Crippen molar-refractivity contribution in [2.45, 2.75) is 0 Å². The van der Waals surface area contributed by atoms with Crippen LogP contribution in [0.1, 0.15) is 15.9 Å². The van der Waals surface area contributed by atoms with E-state index in [4.69, 9.17) is 0 Å². The van der Waals surface area contributed by atoms with E-state index >= 15 is 0 Å². The topological polar surface area (TPSA) is 42.9 Å². The number of carbonyl (C=O) groups excluding carboxylic acids is 1. The number of carbonyl (C=O) groups is 1. The van der Waals surface area contributed by atoms with Gasteiger partial charge in [0.05, 0.1) is 5.52 Å². The van der Waals surface area contributed by atoms with Gasteiger partial charge in [-0.3, -0.25) is 14.8 Å². The van der Waals surface area contributed by atoms with Gasteiger partial charge in [-0.1, -0.05) is 18.2 Å². The van der Waals surface area contributed by atoms with Crippen molar-refractivity contribution in [1.82, 2.24) is 9.97 Å². The summed E-state index contributed by atoms with van der Waals surface area (Å²) < 4.78 is 0. The predicted octanol–water partition coefficient (Wildman–Crippen LogP) is 2.86. The zero-order valence-electron chi connectivity index (χ0n) is 9.58. The molecule has 2 aromatic heterocycles. The first-order valence-corrected chi connectivity index (χ1v) is 5.64. The summed E-state index contributed by atoms with van der Waals surface area (Å²) in [5.41, 5.74) is 2.12. The molecule has 0 aliphatic rings.